The summed E-state index contributed by atoms with van der Waals surface area (Å²) in [6.07, 6.45) is 107. The van der Waals surface area contributed by atoms with E-state index in [0.717, 1.165) is 186 Å². The van der Waals surface area contributed by atoms with Crippen molar-refractivity contribution in [3.63, 3.8) is 0 Å². The largest absolute Gasteiger partial charge is 0.472 e. The van der Waals surface area contributed by atoms with Crippen molar-refractivity contribution in [3.05, 3.63) is 158 Å². The summed E-state index contributed by atoms with van der Waals surface area (Å²) >= 11 is 0. The minimum absolute atomic E-state index is 0.0903. The second-order valence-corrected chi connectivity index (χ2v) is 31.8. The zero-order chi connectivity index (χ0) is 80.8. The molecule has 0 spiro atoms. The molecule has 0 saturated heterocycles. The Morgan fingerprint density at radius 2 is 0.477 bits per heavy atom. The number of phosphoric ester groups is 2. The Kier molecular flexibility index (Phi) is 80.9. The van der Waals surface area contributed by atoms with Gasteiger partial charge in [-0.15, -0.1) is 0 Å². The fourth-order valence-corrected chi connectivity index (χ4v) is 13.2. The molecule has 0 aromatic rings. The van der Waals surface area contributed by atoms with Gasteiger partial charge in [0.1, 0.15) is 25.4 Å². The highest BCUT2D eigenvalue weighted by molar-refractivity contribution is 7.47. The maximum absolute atomic E-state index is 13.0. The van der Waals surface area contributed by atoms with Crippen molar-refractivity contribution in [1.82, 2.24) is 0 Å². The molecule has 0 heterocycles. The molecule has 0 aliphatic carbocycles. The molecule has 0 bridgehead atoms. The third-order valence-electron chi connectivity index (χ3n) is 18.2. The summed E-state index contributed by atoms with van der Waals surface area (Å²) in [6, 6.07) is 0. The average molecular weight is 1590 g/mol. The number of rotatable bonds is 82. The predicted octanol–water partition coefficient (Wildman–Crippen LogP) is 26.5. The topological polar surface area (TPSA) is 231 Å². The molecule has 5 unspecified atom stereocenters. The van der Waals surface area contributed by atoms with Crippen molar-refractivity contribution >= 4 is 33.6 Å². The zero-order valence-electron chi connectivity index (χ0n) is 69.8. The van der Waals surface area contributed by atoms with Gasteiger partial charge in [0.15, 0.2) is 6.10 Å². The number of ether oxygens (including phenoxy) is 3. The number of hydrogen-bond acceptors (Lipinski definition) is 14. The highest BCUT2D eigenvalue weighted by Gasteiger charge is 2.29. The number of unbranched alkanes of at least 4 members (excludes halogenated alkanes) is 33. The van der Waals surface area contributed by atoms with Crippen LogP contribution < -0.4 is 0 Å². The Balaban J connectivity index is 4.57. The first-order chi connectivity index (χ1) is 54.2. The van der Waals surface area contributed by atoms with Crippen molar-refractivity contribution < 1.29 is 75.8 Å². The van der Waals surface area contributed by atoms with E-state index in [1.54, 1.807) is 0 Å². The lowest BCUT2D eigenvalue weighted by Gasteiger charge is -2.21. The molecule has 0 aromatic carbocycles. The Morgan fingerprint density at radius 3 is 0.757 bits per heavy atom. The van der Waals surface area contributed by atoms with Crippen molar-refractivity contribution in [2.24, 2.45) is 0 Å². The van der Waals surface area contributed by atoms with Gasteiger partial charge in [0.05, 0.1) is 26.4 Å². The number of allylic oxidation sites excluding steroid dienone is 26. The molecule has 636 valence electrons. The van der Waals surface area contributed by atoms with Crippen LogP contribution in [0.15, 0.2) is 158 Å². The molecule has 0 aromatic heterocycles. The minimum Gasteiger partial charge on any atom is -0.463 e. The zero-order valence-corrected chi connectivity index (χ0v) is 71.6. The second kappa shape index (κ2) is 84.6. The van der Waals surface area contributed by atoms with E-state index >= 15 is 0 Å². The van der Waals surface area contributed by atoms with Gasteiger partial charge in [-0.1, -0.05) is 346 Å². The monoisotopic (exact) mass is 1590 g/mol. The smallest absolute Gasteiger partial charge is 0.463 e. The molecule has 0 aliphatic rings. The molecule has 4 N–H and O–H groups in total. The SMILES string of the molecule is CC/C=C\C/C=C\C/C=C\C/C=C\C/C=C\C/C=C\CCCCCCCCCCCCC(=O)OCC(O)COP(=O)(O)OCC(O)COP(=O)(O)OCC(COC(=O)CCCCCCCCCCCCCCC/C=C\C/C=C\C/C=C\C/C=C\CCCCC)OC(=O)CCCCCCCCC/C=C\C/C=C\C/C=C\CC. The van der Waals surface area contributed by atoms with E-state index in [2.05, 4.69) is 179 Å². The summed E-state index contributed by atoms with van der Waals surface area (Å²) in [5, 5.41) is 20.7. The first-order valence-electron chi connectivity index (χ1n) is 43.8. The fraction of sp³-hybridized carbons (Fsp3) is 0.688. The summed E-state index contributed by atoms with van der Waals surface area (Å²) < 4.78 is 61.4. The molecule has 0 fully saturated rings. The molecule has 5 atom stereocenters. The van der Waals surface area contributed by atoms with E-state index in [1.165, 1.54) is 109 Å². The Morgan fingerprint density at radius 1 is 0.261 bits per heavy atom. The van der Waals surface area contributed by atoms with Gasteiger partial charge in [0, 0.05) is 19.3 Å². The van der Waals surface area contributed by atoms with Gasteiger partial charge in [-0.3, -0.25) is 32.5 Å². The number of carbonyl (C=O) groups is 3. The number of esters is 3. The van der Waals surface area contributed by atoms with E-state index in [9.17, 15) is 43.5 Å². The lowest BCUT2D eigenvalue weighted by Crippen LogP contribution is -2.30. The maximum atomic E-state index is 13.0. The fourth-order valence-electron chi connectivity index (χ4n) is 11.6. The van der Waals surface area contributed by atoms with Crippen LogP contribution in [0.4, 0.5) is 0 Å². The van der Waals surface area contributed by atoms with Crippen molar-refractivity contribution in [2.75, 3.05) is 39.6 Å². The van der Waals surface area contributed by atoms with Crippen LogP contribution in [0, 0.1) is 0 Å². The molecular formula is C93H158O16P2. The molecular weight excluding hydrogens is 1430 g/mol. The Bertz CT molecular complexity index is 2650. The van der Waals surface area contributed by atoms with Gasteiger partial charge in [-0.25, -0.2) is 9.13 Å². The third kappa shape index (κ3) is 85.9. The van der Waals surface area contributed by atoms with E-state index < -0.39 is 91.5 Å². The lowest BCUT2D eigenvalue weighted by atomic mass is 10.0. The van der Waals surface area contributed by atoms with Crippen LogP contribution in [0.25, 0.3) is 0 Å². The number of carbonyl (C=O) groups excluding carboxylic acids is 3. The molecule has 0 saturated carbocycles. The van der Waals surface area contributed by atoms with Crippen molar-refractivity contribution in [1.29, 1.82) is 0 Å². The normalized spacial score (nSPS) is 14.6. The molecule has 0 amide bonds. The number of hydrogen-bond donors (Lipinski definition) is 4. The van der Waals surface area contributed by atoms with Gasteiger partial charge in [0.25, 0.3) is 0 Å². The van der Waals surface area contributed by atoms with Crippen LogP contribution in [0.5, 0.6) is 0 Å². The number of aliphatic hydroxyl groups excluding tert-OH is 2. The van der Waals surface area contributed by atoms with Gasteiger partial charge < -0.3 is 34.2 Å². The highest BCUT2D eigenvalue weighted by atomic mass is 31.2. The third-order valence-corrected chi connectivity index (χ3v) is 20.1. The van der Waals surface area contributed by atoms with E-state index in [4.69, 9.17) is 32.3 Å². The van der Waals surface area contributed by atoms with Crippen LogP contribution in [0.3, 0.4) is 0 Å². The number of phosphoric acid groups is 2. The number of aliphatic hydroxyl groups is 2. The van der Waals surface area contributed by atoms with Gasteiger partial charge in [-0.05, 0) is 148 Å². The Labute approximate surface area is 676 Å². The van der Waals surface area contributed by atoms with Crippen molar-refractivity contribution in [2.45, 2.75) is 373 Å². The van der Waals surface area contributed by atoms with Crippen LogP contribution in [0.1, 0.15) is 355 Å². The lowest BCUT2D eigenvalue weighted by molar-refractivity contribution is -0.161. The van der Waals surface area contributed by atoms with E-state index in [-0.39, 0.29) is 19.3 Å². The summed E-state index contributed by atoms with van der Waals surface area (Å²) in [5.41, 5.74) is 0. The van der Waals surface area contributed by atoms with Gasteiger partial charge in [-0.2, -0.15) is 0 Å². The molecule has 18 heteroatoms. The predicted molar refractivity (Wildman–Crippen MR) is 463 cm³/mol. The molecule has 0 aliphatic heterocycles. The molecule has 0 radical (unpaired) electrons. The first kappa shape index (κ1) is 106. The summed E-state index contributed by atoms with van der Waals surface area (Å²) in [5.74, 6) is -1.59. The molecule has 16 nitrogen and oxygen atoms in total. The average Bonchev–Trinajstić information content (AvgIpc) is 0.901. The summed E-state index contributed by atoms with van der Waals surface area (Å²) in [4.78, 5) is 58.9. The Hall–Kier alpha value is -4.83. The second-order valence-electron chi connectivity index (χ2n) is 28.9. The van der Waals surface area contributed by atoms with Crippen LogP contribution in [-0.4, -0.2) is 95.9 Å². The quantitative estimate of drug-likeness (QED) is 0.0146. The van der Waals surface area contributed by atoms with Crippen LogP contribution in [-0.2, 0) is 55.8 Å². The minimum atomic E-state index is -4.94. The summed E-state index contributed by atoms with van der Waals surface area (Å²) in [7, 11) is -9.81. The summed E-state index contributed by atoms with van der Waals surface area (Å²) in [6.45, 7) is 2.44. The molecule has 111 heavy (non-hydrogen) atoms. The molecule has 0 rings (SSSR count). The van der Waals surface area contributed by atoms with Crippen molar-refractivity contribution in [3.8, 4) is 0 Å². The standard InChI is InChI=1S/C93H158O16P2/c1-4-7-10-13-16-19-22-25-28-31-33-35-37-39-41-43-45-47-49-51-53-56-58-61-64-67-70-73-76-79-91(96)103-82-88(94)83-105-110(99,100)106-84-89(95)85-107-111(101,102)108-87-90(109-93(98)81-78-75-72-69-66-63-60-55-30-27-24-21-18-15-12-9-6-3)86-104-92(97)80-77-74-71-68-65-62-59-57-54-52-50-48-46-44-42-40-38-36-34-32-29-26-23-20-17-14-11-8-5-2/h7,9-10,12,16-21,25-30,33-36,39-42,45,47,88-90,94-95H,4-6,8,11,13-15,22-24,31-32,37-38,43-44,46,48-87H2,1-3H3,(H,99,100)(H,101,102)/b10-7-,12-9-,19-16-,20-17-,21-18-,28-25-,29-26-,30-27-,35-33-,36-34-,41-39-,42-40-,47-45-. The van der Waals surface area contributed by atoms with Crippen LogP contribution >= 0.6 is 15.6 Å². The maximum Gasteiger partial charge on any atom is 0.472 e. The first-order valence-corrected chi connectivity index (χ1v) is 46.8. The van der Waals surface area contributed by atoms with Crippen LogP contribution in [0.2, 0.25) is 0 Å². The van der Waals surface area contributed by atoms with Gasteiger partial charge in [0.2, 0.25) is 0 Å². The van der Waals surface area contributed by atoms with Gasteiger partial charge >= 0.3 is 33.6 Å². The highest BCUT2D eigenvalue weighted by Crippen LogP contribution is 2.45. The van der Waals surface area contributed by atoms with E-state index in [1.807, 2.05) is 0 Å². The van der Waals surface area contributed by atoms with E-state index in [0.29, 0.717) is 19.3 Å².